The molecule has 0 spiro atoms. The second-order valence-corrected chi connectivity index (χ2v) is 9.64. The third-order valence-electron chi connectivity index (χ3n) is 5.56. The van der Waals surface area contributed by atoms with Crippen LogP contribution in [0.1, 0.15) is 20.7 Å². The zero-order valence-electron chi connectivity index (χ0n) is 31.6. The van der Waals surface area contributed by atoms with Crippen molar-refractivity contribution in [3.63, 3.8) is 0 Å². The number of hydrogen-bond acceptors (Lipinski definition) is 18. The third-order valence-corrected chi connectivity index (χ3v) is 5.56. The molecule has 0 amide bonds. The number of nitro groups is 4. The van der Waals surface area contributed by atoms with E-state index < -0.39 is 65.5 Å². The molecule has 10 N–H and O–H groups in total. The summed E-state index contributed by atoms with van der Waals surface area (Å²) < 4.78 is 0. The minimum atomic E-state index is -1.71. The monoisotopic (exact) mass is 925 g/mol. The molecule has 6 heterocycles. The Kier molecular flexibility index (Phi) is 33.0. The Labute approximate surface area is 361 Å². The molecule has 0 aliphatic heterocycles. The number of nitrogens with zero attached hydrogens (tertiary/aromatic N) is 10. The van der Waals surface area contributed by atoms with Gasteiger partial charge in [0.15, 0.2) is 0 Å². The van der Waals surface area contributed by atoms with E-state index in [0.29, 0.717) is 36.4 Å². The molecular formula is C32H34CoN16O14. The summed E-state index contributed by atoms with van der Waals surface area (Å²) in [5.41, 5.74) is -3.86. The van der Waals surface area contributed by atoms with Gasteiger partial charge in [0.2, 0.25) is 0 Å². The summed E-state index contributed by atoms with van der Waals surface area (Å²) in [4.78, 5) is 96.9. The van der Waals surface area contributed by atoms with Crippen molar-refractivity contribution in [3.05, 3.63) is 200 Å². The number of aromatic carboxylic acids is 2. The van der Waals surface area contributed by atoms with Gasteiger partial charge in [0.05, 0.1) is 81.7 Å². The van der Waals surface area contributed by atoms with Crippen molar-refractivity contribution in [1.29, 1.82) is 0 Å². The fourth-order valence-corrected chi connectivity index (χ4v) is 3.14. The molecule has 30 nitrogen and oxygen atoms in total. The van der Waals surface area contributed by atoms with Crippen LogP contribution in [-0.4, -0.2) is 102 Å². The van der Waals surface area contributed by atoms with Crippen LogP contribution in [0.4, 0.5) is 22.7 Å². The molecule has 335 valence electrons. The number of carbonyl (C=O) groups is 2. The molecule has 0 saturated carbocycles. The molecular weight excluding hydrogens is 891 g/mol. The van der Waals surface area contributed by atoms with Crippen LogP contribution in [-0.2, 0) is 16.8 Å². The van der Waals surface area contributed by atoms with Gasteiger partial charge in [-0.05, 0) is 0 Å². The summed E-state index contributed by atoms with van der Waals surface area (Å²) in [6.07, 6.45) is 30.5. The number of carboxylic acid groups (broad SMARTS) is 2. The van der Waals surface area contributed by atoms with Crippen molar-refractivity contribution in [2.24, 2.45) is 0 Å². The van der Waals surface area contributed by atoms with E-state index >= 15 is 0 Å². The van der Waals surface area contributed by atoms with E-state index in [2.05, 4.69) is 59.8 Å². The first kappa shape index (κ1) is 58.0. The Morgan fingerprint density at radius 1 is 0.381 bits per heavy atom. The van der Waals surface area contributed by atoms with E-state index in [-0.39, 0.29) is 27.7 Å². The first-order valence-electron chi connectivity index (χ1n) is 15.7. The van der Waals surface area contributed by atoms with Crippen LogP contribution in [0.25, 0.3) is 0 Å². The van der Waals surface area contributed by atoms with Crippen LogP contribution in [0.3, 0.4) is 0 Å². The second-order valence-electron chi connectivity index (χ2n) is 9.64. The van der Waals surface area contributed by atoms with Crippen molar-refractivity contribution >= 4 is 34.7 Å². The fraction of sp³-hybridized carbons (Fsp3) is 0. The van der Waals surface area contributed by atoms with E-state index in [1.54, 1.807) is 112 Å². The number of benzene rings is 2. The largest absolute Gasteiger partial charge is 2.00 e. The van der Waals surface area contributed by atoms with Crippen LogP contribution < -0.4 is 10.2 Å². The predicted molar refractivity (Wildman–Crippen MR) is 207 cm³/mol. The van der Waals surface area contributed by atoms with Gasteiger partial charge in [0.1, 0.15) is 0 Å². The molecule has 1 radical (unpaired) electrons. The number of imidazole rings is 6. The molecule has 0 saturated heterocycles. The average Bonchev–Trinajstić information content (AvgIpc) is 4.11. The number of aromatic nitrogens is 12. The summed E-state index contributed by atoms with van der Waals surface area (Å²) in [5, 5.41) is 62.1. The summed E-state index contributed by atoms with van der Waals surface area (Å²) in [6, 6.07) is 4.13. The van der Waals surface area contributed by atoms with Gasteiger partial charge in [-0.1, -0.05) is 0 Å². The molecule has 8 aromatic rings. The summed E-state index contributed by atoms with van der Waals surface area (Å²) in [6.45, 7) is 0. The zero-order chi connectivity index (χ0) is 44.4. The Morgan fingerprint density at radius 2 is 0.556 bits per heavy atom. The van der Waals surface area contributed by atoms with E-state index in [1.165, 1.54) is 0 Å². The summed E-state index contributed by atoms with van der Waals surface area (Å²) in [5.74, 6) is -3.41. The van der Waals surface area contributed by atoms with Crippen molar-refractivity contribution in [1.82, 2.24) is 59.8 Å². The van der Waals surface area contributed by atoms with Gasteiger partial charge in [0.25, 0.3) is 22.7 Å². The molecule has 63 heavy (non-hydrogen) atoms. The van der Waals surface area contributed by atoms with Gasteiger partial charge in [-0.3, -0.25) is 40.5 Å². The summed E-state index contributed by atoms with van der Waals surface area (Å²) >= 11 is 0. The molecule has 0 aliphatic carbocycles. The topological polar surface area (TPSA) is 488 Å². The molecule has 8 rings (SSSR count). The number of non-ortho nitro benzene ring substituents is 4. The maximum absolute atomic E-state index is 10.4. The number of nitrogens with one attached hydrogen (secondary N) is 6. The normalized spacial score (nSPS) is 8.38. The minimum Gasteiger partial charge on any atom is -0.545 e. The van der Waals surface area contributed by atoms with Crippen molar-refractivity contribution in [2.75, 3.05) is 0 Å². The first-order chi connectivity index (χ1) is 28.8. The smallest absolute Gasteiger partial charge is 0.545 e. The standard InChI is InChI=1S/2C7H4N2O6.6C3H4N2.Co.2H2O/c2*10-7(11)4-1-5(8(12)13)3-6(2-4)9(14)15;6*1-2-5-3-4-1;;;/h2*1-3H,(H,10,11);6*1-3H,(H,4,5);;2*1H2/q;;;;;;;;+2;;/p-2. The van der Waals surface area contributed by atoms with Crippen LogP contribution in [0, 0.1) is 40.5 Å². The molecule has 0 aliphatic rings. The summed E-state index contributed by atoms with van der Waals surface area (Å²) in [7, 11) is 0. The van der Waals surface area contributed by atoms with Crippen LogP contribution in [0.5, 0.6) is 0 Å². The Bertz CT molecular complexity index is 1760. The fourth-order valence-electron chi connectivity index (χ4n) is 3.14. The maximum atomic E-state index is 10.4. The second kappa shape index (κ2) is 35.8. The molecule has 0 atom stereocenters. The molecule has 0 bridgehead atoms. The average molecular weight is 926 g/mol. The van der Waals surface area contributed by atoms with E-state index in [9.17, 15) is 60.3 Å². The SMILES string of the molecule is O.O.O=C([O-])c1cc([N+](=O)[O-])cc([N+](=O)[O-])c1.O=C([O-])c1cc([N+](=O)[O-])cc([N+](=O)[O-])c1.[Co+2].c1c[nH]cn1.c1c[nH]cn1.c1c[nH]cn1.c1c[nH]cn1.c1c[nH]cn1.c1c[nH]cn1. The Morgan fingerprint density at radius 3 is 0.635 bits per heavy atom. The third kappa shape index (κ3) is 28.7. The zero-order valence-corrected chi connectivity index (χ0v) is 32.6. The van der Waals surface area contributed by atoms with Gasteiger partial charge in [-0.15, -0.1) is 0 Å². The number of carboxylic acids is 2. The molecule has 0 unspecified atom stereocenters. The number of aromatic amines is 6. The van der Waals surface area contributed by atoms with Gasteiger partial charge in [0, 0.05) is 110 Å². The van der Waals surface area contributed by atoms with Gasteiger partial charge in [-0.2, -0.15) is 0 Å². The van der Waals surface area contributed by atoms with E-state index in [4.69, 9.17) is 0 Å². The van der Waals surface area contributed by atoms with Crippen LogP contribution >= 0.6 is 0 Å². The number of H-pyrrole nitrogens is 6. The van der Waals surface area contributed by atoms with Crippen LogP contribution in [0.2, 0.25) is 0 Å². The van der Waals surface area contributed by atoms with E-state index in [0.717, 1.165) is 0 Å². The molecule has 31 heteroatoms. The number of hydrogen-bond donors (Lipinski definition) is 6. The van der Waals surface area contributed by atoms with Crippen molar-refractivity contribution < 1.29 is 67.2 Å². The molecule has 6 aromatic heterocycles. The number of rotatable bonds is 6. The van der Waals surface area contributed by atoms with Gasteiger partial charge >= 0.3 is 16.8 Å². The quantitative estimate of drug-likeness (QED) is 0.0978. The Hall–Kier alpha value is -9.33. The first-order valence-corrected chi connectivity index (χ1v) is 15.7. The van der Waals surface area contributed by atoms with Crippen molar-refractivity contribution in [2.45, 2.75) is 0 Å². The molecule has 0 fully saturated rings. The number of nitro benzene ring substituents is 4. The van der Waals surface area contributed by atoms with E-state index in [1.807, 2.05) is 0 Å². The maximum Gasteiger partial charge on any atom is 2.00 e. The molecule has 2 aromatic carbocycles. The number of carbonyl (C=O) groups excluding carboxylic acids is 2. The predicted octanol–water partition coefficient (Wildman–Crippen LogP) is 0.539. The van der Waals surface area contributed by atoms with Gasteiger partial charge in [-0.25, -0.2) is 29.9 Å². The minimum absolute atomic E-state index is 0. The van der Waals surface area contributed by atoms with Crippen molar-refractivity contribution in [3.8, 4) is 0 Å². The Balaban J connectivity index is -0.000000685. The van der Waals surface area contributed by atoms with Gasteiger partial charge < -0.3 is 60.7 Å². The van der Waals surface area contributed by atoms with Crippen LogP contribution in [0.15, 0.2) is 149 Å².